The summed E-state index contributed by atoms with van der Waals surface area (Å²) in [5, 5.41) is 1.19. The van der Waals surface area contributed by atoms with E-state index in [1.807, 2.05) is 13.0 Å². The number of aromatic nitrogens is 2. The third-order valence-electron chi connectivity index (χ3n) is 5.29. The van der Waals surface area contributed by atoms with Gasteiger partial charge in [-0.3, -0.25) is 0 Å². The zero-order valence-electron chi connectivity index (χ0n) is 15.9. The molecular formula is C23H23Cl2N3. The first-order valence-electron chi connectivity index (χ1n) is 9.69. The predicted molar refractivity (Wildman–Crippen MR) is 117 cm³/mol. The van der Waals surface area contributed by atoms with E-state index >= 15 is 0 Å². The first kappa shape index (κ1) is 19.2. The van der Waals surface area contributed by atoms with Gasteiger partial charge >= 0.3 is 0 Å². The molecule has 2 aliphatic rings. The Morgan fingerprint density at radius 1 is 0.964 bits per heavy atom. The lowest BCUT2D eigenvalue weighted by Crippen LogP contribution is -2.04. The summed E-state index contributed by atoms with van der Waals surface area (Å²) in [6.07, 6.45) is 6.23. The van der Waals surface area contributed by atoms with Crippen molar-refractivity contribution in [3.63, 3.8) is 0 Å². The molecule has 0 saturated heterocycles. The molecule has 0 unspecified atom stereocenters. The van der Waals surface area contributed by atoms with Crippen LogP contribution in [0.3, 0.4) is 0 Å². The molecule has 1 aromatic heterocycles. The number of benzene rings is 2. The van der Waals surface area contributed by atoms with Crippen LogP contribution in [0.1, 0.15) is 47.7 Å². The van der Waals surface area contributed by atoms with Crippen LogP contribution in [0, 0.1) is 6.92 Å². The van der Waals surface area contributed by atoms with Crippen LogP contribution in [-0.4, -0.2) is 9.97 Å². The quantitative estimate of drug-likeness (QED) is 0.530. The molecule has 5 heteroatoms. The lowest BCUT2D eigenvalue weighted by molar-refractivity contribution is 0.912. The maximum absolute atomic E-state index is 6.24. The zero-order valence-corrected chi connectivity index (χ0v) is 17.4. The van der Waals surface area contributed by atoms with Crippen LogP contribution in [-0.2, 0) is 12.8 Å². The molecule has 5 rings (SSSR count). The van der Waals surface area contributed by atoms with Gasteiger partial charge in [0.15, 0.2) is 0 Å². The predicted octanol–water partition coefficient (Wildman–Crippen LogP) is 6.39. The SMILES string of the molecule is Cc1nc(N)c(C2CC2)nc1-c1ccc(Cl)cc1Cl.c1ccc2c(c1)CCC2. The minimum Gasteiger partial charge on any atom is -0.382 e. The molecule has 2 aromatic carbocycles. The number of rotatable bonds is 2. The van der Waals surface area contributed by atoms with E-state index in [0.717, 1.165) is 35.5 Å². The Kier molecular flexibility index (Phi) is 5.56. The van der Waals surface area contributed by atoms with Crippen LogP contribution in [0.15, 0.2) is 42.5 Å². The zero-order chi connectivity index (χ0) is 19.7. The topological polar surface area (TPSA) is 51.8 Å². The summed E-state index contributed by atoms with van der Waals surface area (Å²) in [5.41, 5.74) is 12.4. The van der Waals surface area contributed by atoms with Gasteiger partial charge in [0.25, 0.3) is 0 Å². The molecule has 0 radical (unpaired) electrons. The van der Waals surface area contributed by atoms with Crippen LogP contribution in [0.25, 0.3) is 11.3 Å². The maximum Gasteiger partial charge on any atom is 0.145 e. The molecule has 3 aromatic rings. The van der Waals surface area contributed by atoms with Crippen molar-refractivity contribution in [2.24, 2.45) is 0 Å². The molecular weight excluding hydrogens is 389 g/mol. The minimum atomic E-state index is 0.456. The fraction of sp³-hybridized carbons (Fsp3) is 0.304. The molecule has 0 atom stereocenters. The number of hydrogen-bond donors (Lipinski definition) is 1. The summed E-state index contributed by atoms with van der Waals surface area (Å²) in [7, 11) is 0. The van der Waals surface area contributed by atoms with Gasteiger partial charge in [-0.25, -0.2) is 9.97 Å². The average molecular weight is 412 g/mol. The number of nitrogens with zero attached hydrogens (tertiary/aromatic N) is 2. The summed E-state index contributed by atoms with van der Waals surface area (Å²) >= 11 is 12.2. The van der Waals surface area contributed by atoms with Gasteiger partial charge in [-0.2, -0.15) is 0 Å². The fourth-order valence-corrected chi connectivity index (χ4v) is 4.16. The first-order chi connectivity index (χ1) is 13.5. The van der Waals surface area contributed by atoms with Crippen molar-refractivity contribution in [3.8, 4) is 11.3 Å². The van der Waals surface area contributed by atoms with E-state index in [1.54, 1.807) is 23.3 Å². The van der Waals surface area contributed by atoms with Gasteiger partial charge in [-0.15, -0.1) is 0 Å². The van der Waals surface area contributed by atoms with Gasteiger partial charge in [0, 0.05) is 16.5 Å². The van der Waals surface area contributed by atoms with Crippen LogP contribution in [0.2, 0.25) is 10.0 Å². The molecule has 2 N–H and O–H groups in total. The highest BCUT2D eigenvalue weighted by Gasteiger charge is 2.29. The fourth-order valence-electron chi connectivity index (χ4n) is 3.66. The summed E-state index contributed by atoms with van der Waals surface area (Å²) in [5.74, 6) is 0.992. The second kappa shape index (κ2) is 8.10. The Balaban J connectivity index is 0.000000177. The number of halogens is 2. The molecule has 1 fully saturated rings. The molecule has 0 amide bonds. The molecule has 0 spiro atoms. The third-order valence-corrected chi connectivity index (χ3v) is 5.83. The highest BCUT2D eigenvalue weighted by molar-refractivity contribution is 6.36. The van der Waals surface area contributed by atoms with E-state index in [2.05, 4.69) is 34.2 Å². The lowest BCUT2D eigenvalue weighted by Gasteiger charge is -2.11. The van der Waals surface area contributed by atoms with Crippen molar-refractivity contribution in [2.75, 3.05) is 5.73 Å². The minimum absolute atomic E-state index is 0.456. The van der Waals surface area contributed by atoms with E-state index < -0.39 is 0 Å². The van der Waals surface area contributed by atoms with Crippen molar-refractivity contribution in [1.82, 2.24) is 9.97 Å². The highest BCUT2D eigenvalue weighted by atomic mass is 35.5. The smallest absolute Gasteiger partial charge is 0.145 e. The van der Waals surface area contributed by atoms with Gasteiger partial charge in [0.05, 0.1) is 22.1 Å². The second-order valence-electron chi connectivity index (χ2n) is 7.45. The number of hydrogen-bond acceptors (Lipinski definition) is 3. The summed E-state index contributed by atoms with van der Waals surface area (Å²) < 4.78 is 0. The monoisotopic (exact) mass is 411 g/mol. The maximum atomic E-state index is 6.24. The number of nitrogen functional groups attached to an aromatic ring is 1. The summed E-state index contributed by atoms with van der Waals surface area (Å²) in [6.45, 7) is 1.89. The Morgan fingerprint density at radius 2 is 1.64 bits per heavy atom. The molecule has 144 valence electrons. The number of fused-ring (bicyclic) bond motifs is 1. The van der Waals surface area contributed by atoms with Gasteiger partial charge in [-0.05, 0) is 68.4 Å². The van der Waals surface area contributed by atoms with Crippen molar-refractivity contribution in [3.05, 3.63) is 75.0 Å². The van der Waals surface area contributed by atoms with E-state index in [1.165, 1.54) is 19.3 Å². The summed E-state index contributed by atoms with van der Waals surface area (Å²) in [4.78, 5) is 9.08. The van der Waals surface area contributed by atoms with E-state index in [-0.39, 0.29) is 0 Å². The molecule has 0 bridgehead atoms. The molecule has 28 heavy (non-hydrogen) atoms. The van der Waals surface area contributed by atoms with E-state index in [4.69, 9.17) is 28.9 Å². The standard InChI is InChI=1S/C14H13Cl2N3.C9H10/c1-7-12(10-5-4-9(15)6-11(10)16)19-13(8-2-3-8)14(17)18-7;1-2-5-9-7-3-6-8(9)4-1/h4-6,8H,2-3H2,1H3,(H2,17,18);1-2,4-5H,3,6-7H2. The van der Waals surface area contributed by atoms with Crippen molar-refractivity contribution >= 4 is 29.0 Å². The Labute approximate surface area is 175 Å². The lowest BCUT2D eigenvalue weighted by atomic mass is 10.1. The van der Waals surface area contributed by atoms with E-state index in [0.29, 0.717) is 21.8 Å². The Morgan fingerprint density at radius 3 is 2.25 bits per heavy atom. The first-order valence-corrected chi connectivity index (χ1v) is 10.4. The normalized spacial score (nSPS) is 15.0. The average Bonchev–Trinajstić information content (AvgIpc) is 3.39. The van der Waals surface area contributed by atoms with Gasteiger partial charge in [0.1, 0.15) is 5.82 Å². The largest absolute Gasteiger partial charge is 0.382 e. The van der Waals surface area contributed by atoms with Crippen molar-refractivity contribution in [1.29, 1.82) is 0 Å². The van der Waals surface area contributed by atoms with Gasteiger partial charge in [0.2, 0.25) is 0 Å². The van der Waals surface area contributed by atoms with Crippen LogP contribution < -0.4 is 5.73 Å². The number of nitrogens with two attached hydrogens (primary N) is 1. The third kappa shape index (κ3) is 4.16. The number of anilines is 1. The molecule has 1 saturated carbocycles. The van der Waals surface area contributed by atoms with Crippen LogP contribution in [0.4, 0.5) is 5.82 Å². The second-order valence-corrected chi connectivity index (χ2v) is 8.29. The molecule has 0 aliphatic heterocycles. The molecule has 3 nitrogen and oxygen atoms in total. The molecule has 1 heterocycles. The Bertz CT molecular complexity index is 990. The summed E-state index contributed by atoms with van der Waals surface area (Å²) in [6, 6.07) is 14.1. The van der Waals surface area contributed by atoms with Crippen LogP contribution in [0.5, 0.6) is 0 Å². The van der Waals surface area contributed by atoms with Crippen LogP contribution >= 0.6 is 23.2 Å². The van der Waals surface area contributed by atoms with E-state index in [9.17, 15) is 0 Å². The van der Waals surface area contributed by atoms with Crippen molar-refractivity contribution in [2.45, 2.75) is 44.9 Å². The highest BCUT2D eigenvalue weighted by Crippen LogP contribution is 2.42. The number of aryl methyl sites for hydroxylation is 3. The molecule has 2 aliphatic carbocycles. The van der Waals surface area contributed by atoms with Crippen molar-refractivity contribution < 1.29 is 0 Å². The Hall–Kier alpha value is -2.10. The van der Waals surface area contributed by atoms with Gasteiger partial charge < -0.3 is 5.73 Å². The van der Waals surface area contributed by atoms with Gasteiger partial charge in [-0.1, -0.05) is 47.5 Å².